The van der Waals surface area contributed by atoms with Crippen molar-refractivity contribution in [1.82, 2.24) is 0 Å². The zero-order valence-corrected chi connectivity index (χ0v) is 8.60. The van der Waals surface area contributed by atoms with Gasteiger partial charge in [-0.2, -0.15) is 0 Å². The predicted molar refractivity (Wildman–Crippen MR) is 55.3 cm³/mol. The molecule has 0 fully saturated rings. The van der Waals surface area contributed by atoms with Crippen LogP contribution >= 0.6 is 11.6 Å². The number of halogens is 1. The number of phenolic OH excluding ortho intramolecular Hbond substituents is 1. The third-order valence-corrected chi connectivity index (χ3v) is 2.52. The Balaban J connectivity index is 3.15. The van der Waals surface area contributed by atoms with Gasteiger partial charge < -0.3 is 10.8 Å². The Hall–Kier alpha value is -0.730. The van der Waals surface area contributed by atoms with Gasteiger partial charge in [-0.15, -0.1) is 0 Å². The van der Waals surface area contributed by atoms with E-state index in [2.05, 4.69) is 0 Å². The maximum Gasteiger partial charge on any atom is 0.134 e. The van der Waals surface area contributed by atoms with Gasteiger partial charge in [0.05, 0.1) is 5.02 Å². The molecule has 13 heavy (non-hydrogen) atoms. The molecule has 72 valence electrons. The van der Waals surface area contributed by atoms with Crippen molar-refractivity contribution < 1.29 is 5.11 Å². The van der Waals surface area contributed by atoms with Crippen molar-refractivity contribution in [2.24, 2.45) is 5.73 Å². The number of hydrogen-bond acceptors (Lipinski definition) is 2. The van der Waals surface area contributed by atoms with E-state index in [0.717, 1.165) is 11.1 Å². The molecule has 1 aromatic carbocycles. The summed E-state index contributed by atoms with van der Waals surface area (Å²) >= 11 is 5.80. The molecule has 1 atom stereocenters. The van der Waals surface area contributed by atoms with Crippen molar-refractivity contribution in [3.63, 3.8) is 0 Å². The third-order valence-electron chi connectivity index (χ3n) is 2.22. The summed E-state index contributed by atoms with van der Waals surface area (Å²) in [7, 11) is 0. The molecule has 0 spiro atoms. The Morgan fingerprint density at radius 3 is 2.69 bits per heavy atom. The fourth-order valence-corrected chi connectivity index (χ4v) is 1.51. The molecule has 0 aliphatic carbocycles. The highest BCUT2D eigenvalue weighted by Gasteiger charge is 2.09. The topological polar surface area (TPSA) is 46.2 Å². The van der Waals surface area contributed by atoms with Crippen LogP contribution in [0.3, 0.4) is 0 Å². The predicted octanol–water partition coefficient (Wildman–Crippen LogP) is 2.42. The minimum absolute atomic E-state index is 0.132. The fourth-order valence-electron chi connectivity index (χ4n) is 1.34. The van der Waals surface area contributed by atoms with Crippen LogP contribution in [0.15, 0.2) is 12.1 Å². The molecule has 0 aliphatic rings. The fraction of sp³-hybridized carbons (Fsp3) is 0.400. The number of benzene rings is 1. The molecule has 0 heterocycles. The summed E-state index contributed by atoms with van der Waals surface area (Å²) in [5.74, 6) is 0.408. The zero-order chi connectivity index (χ0) is 10.0. The van der Waals surface area contributed by atoms with Gasteiger partial charge in [0.25, 0.3) is 0 Å². The normalized spacial score (nSPS) is 12.9. The minimum atomic E-state index is 0.132. The number of hydrogen-bond donors (Lipinski definition) is 2. The van der Waals surface area contributed by atoms with Crippen molar-refractivity contribution in [3.8, 4) is 5.75 Å². The molecule has 1 unspecified atom stereocenters. The molecular formula is C10H14ClNO. The van der Waals surface area contributed by atoms with Crippen molar-refractivity contribution in [2.75, 3.05) is 6.54 Å². The van der Waals surface area contributed by atoms with Gasteiger partial charge >= 0.3 is 0 Å². The molecule has 0 saturated carbocycles. The lowest BCUT2D eigenvalue weighted by molar-refractivity contribution is 0.474. The van der Waals surface area contributed by atoms with Gasteiger partial charge in [-0.25, -0.2) is 0 Å². The van der Waals surface area contributed by atoms with Crippen LogP contribution in [0.25, 0.3) is 0 Å². The largest absolute Gasteiger partial charge is 0.506 e. The monoisotopic (exact) mass is 199 g/mol. The van der Waals surface area contributed by atoms with Gasteiger partial charge in [0.15, 0.2) is 0 Å². The lowest BCUT2D eigenvalue weighted by Gasteiger charge is -2.13. The van der Waals surface area contributed by atoms with Gasteiger partial charge in [-0.1, -0.05) is 18.5 Å². The summed E-state index contributed by atoms with van der Waals surface area (Å²) in [5.41, 5.74) is 7.69. The van der Waals surface area contributed by atoms with E-state index in [0.29, 0.717) is 11.6 Å². The van der Waals surface area contributed by atoms with Crippen LogP contribution in [0.1, 0.15) is 24.0 Å². The number of aromatic hydroxyl groups is 1. The molecule has 0 aliphatic heterocycles. The van der Waals surface area contributed by atoms with Crippen molar-refractivity contribution in [2.45, 2.75) is 19.8 Å². The lowest BCUT2D eigenvalue weighted by Crippen LogP contribution is -2.10. The first-order valence-corrected chi connectivity index (χ1v) is 4.63. The summed E-state index contributed by atoms with van der Waals surface area (Å²) in [6.07, 6.45) is 0. The summed E-state index contributed by atoms with van der Waals surface area (Å²) in [6.45, 7) is 4.56. The van der Waals surface area contributed by atoms with Crippen LogP contribution < -0.4 is 5.73 Å². The Kier molecular flexibility index (Phi) is 3.17. The van der Waals surface area contributed by atoms with E-state index in [1.807, 2.05) is 13.8 Å². The van der Waals surface area contributed by atoms with E-state index in [9.17, 15) is 5.11 Å². The molecule has 1 rings (SSSR count). The van der Waals surface area contributed by atoms with Crippen LogP contribution in [0, 0.1) is 6.92 Å². The summed E-state index contributed by atoms with van der Waals surface area (Å²) < 4.78 is 0. The van der Waals surface area contributed by atoms with Gasteiger partial charge in [0.1, 0.15) is 5.75 Å². The first-order chi connectivity index (χ1) is 6.06. The van der Waals surface area contributed by atoms with Crippen molar-refractivity contribution in [1.29, 1.82) is 0 Å². The smallest absolute Gasteiger partial charge is 0.134 e. The third kappa shape index (κ3) is 2.14. The number of aryl methyl sites for hydroxylation is 1. The van der Waals surface area contributed by atoms with Gasteiger partial charge in [0.2, 0.25) is 0 Å². The second-order valence-corrected chi connectivity index (χ2v) is 3.70. The average Bonchev–Trinajstić information content (AvgIpc) is 2.10. The zero-order valence-electron chi connectivity index (χ0n) is 7.84. The van der Waals surface area contributed by atoms with Crippen molar-refractivity contribution >= 4 is 11.6 Å². The van der Waals surface area contributed by atoms with Crippen molar-refractivity contribution in [3.05, 3.63) is 28.3 Å². The molecule has 0 bridgehead atoms. The van der Waals surface area contributed by atoms with E-state index >= 15 is 0 Å². The lowest BCUT2D eigenvalue weighted by atomic mass is 9.96. The van der Waals surface area contributed by atoms with E-state index in [-0.39, 0.29) is 11.7 Å². The SMILES string of the molecule is Cc1cc(O)c(Cl)cc1C(C)CN. The molecule has 0 saturated heterocycles. The second-order valence-electron chi connectivity index (χ2n) is 3.30. The molecule has 0 amide bonds. The maximum absolute atomic E-state index is 9.32. The van der Waals surface area contributed by atoms with Crippen LogP contribution in [0.5, 0.6) is 5.75 Å². The molecule has 0 radical (unpaired) electrons. The molecule has 3 heteroatoms. The van der Waals surface area contributed by atoms with E-state index in [1.165, 1.54) is 0 Å². The van der Waals surface area contributed by atoms with Gasteiger partial charge in [-0.05, 0) is 42.6 Å². The summed E-state index contributed by atoms with van der Waals surface area (Å²) in [5, 5.41) is 9.71. The maximum atomic E-state index is 9.32. The van der Waals surface area contributed by atoms with Crippen LogP contribution in [0.2, 0.25) is 5.02 Å². The van der Waals surface area contributed by atoms with Crippen LogP contribution in [0.4, 0.5) is 0 Å². The second kappa shape index (κ2) is 3.99. The highest BCUT2D eigenvalue weighted by molar-refractivity contribution is 6.32. The van der Waals surface area contributed by atoms with E-state index in [4.69, 9.17) is 17.3 Å². The molecule has 0 aromatic heterocycles. The number of rotatable bonds is 2. The van der Waals surface area contributed by atoms with Crippen LogP contribution in [-0.2, 0) is 0 Å². The summed E-state index contributed by atoms with van der Waals surface area (Å²) in [4.78, 5) is 0. The first kappa shape index (κ1) is 10.4. The number of nitrogens with two attached hydrogens (primary N) is 1. The minimum Gasteiger partial charge on any atom is -0.506 e. The highest BCUT2D eigenvalue weighted by atomic mass is 35.5. The Morgan fingerprint density at radius 1 is 1.54 bits per heavy atom. The van der Waals surface area contributed by atoms with E-state index < -0.39 is 0 Å². The van der Waals surface area contributed by atoms with Gasteiger partial charge in [-0.3, -0.25) is 0 Å². The highest BCUT2D eigenvalue weighted by Crippen LogP contribution is 2.30. The Bertz CT molecular complexity index is 312. The Morgan fingerprint density at radius 2 is 2.15 bits per heavy atom. The molecule has 2 nitrogen and oxygen atoms in total. The van der Waals surface area contributed by atoms with Crippen LogP contribution in [-0.4, -0.2) is 11.7 Å². The Labute approximate surface area is 83.3 Å². The molecule has 3 N–H and O–H groups in total. The number of phenols is 1. The standard InChI is InChI=1S/C10H14ClNO/c1-6-3-10(13)9(11)4-8(6)7(2)5-12/h3-4,7,13H,5,12H2,1-2H3. The summed E-state index contributed by atoms with van der Waals surface area (Å²) in [6, 6.07) is 3.45. The van der Waals surface area contributed by atoms with E-state index in [1.54, 1.807) is 12.1 Å². The first-order valence-electron chi connectivity index (χ1n) is 4.25. The molecule has 1 aromatic rings. The molecular weight excluding hydrogens is 186 g/mol. The average molecular weight is 200 g/mol. The van der Waals surface area contributed by atoms with Gasteiger partial charge in [0, 0.05) is 0 Å². The quantitative estimate of drug-likeness (QED) is 0.769.